The average molecular weight is 417 g/mol. The van der Waals surface area contributed by atoms with E-state index in [9.17, 15) is 18.0 Å². The van der Waals surface area contributed by atoms with Crippen LogP contribution in [0.1, 0.15) is 38.2 Å². The number of fused-ring (bicyclic) bond motifs is 4. The molecule has 28 heavy (non-hydrogen) atoms. The predicted octanol–water partition coefficient (Wildman–Crippen LogP) is 4.18. The molecule has 3 fully saturated rings. The number of alkyl halides is 3. The van der Waals surface area contributed by atoms with Crippen LogP contribution in [0.5, 0.6) is 0 Å². The maximum Gasteiger partial charge on any atom is 0.418 e. The molecular weight excluding hydrogens is 397 g/mol. The van der Waals surface area contributed by atoms with Crippen LogP contribution in [0.3, 0.4) is 0 Å². The maximum absolute atomic E-state index is 13.5. The average Bonchev–Trinajstić information content (AvgIpc) is 3.07. The minimum atomic E-state index is -4.56. The summed E-state index contributed by atoms with van der Waals surface area (Å²) in [6, 6.07) is 0.596. The van der Waals surface area contributed by atoms with E-state index in [2.05, 4.69) is 15.4 Å². The van der Waals surface area contributed by atoms with Gasteiger partial charge >= 0.3 is 12.1 Å². The summed E-state index contributed by atoms with van der Waals surface area (Å²) in [6.07, 6.45) is 0.318. The smallest absolute Gasteiger partial charge is 0.418 e. The first-order valence-electron chi connectivity index (χ1n) is 9.34. The number of rotatable bonds is 4. The third kappa shape index (κ3) is 3.29. The van der Waals surface area contributed by atoms with Gasteiger partial charge in [0.05, 0.1) is 18.1 Å². The fourth-order valence-corrected chi connectivity index (χ4v) is 4.89. The number of ether oxygens (including phenoxy) is 1. The Hall–Kier alpha value is -2.03. The van der Waals surface area contributed by atoms with Gasteiger partial charge in [0.25, 0.3) is 0 Å². The number of halogens is 4. The van der Waals surface area contributed by atoms with Gasteiger partial charge in [-0.05, 0) is 62.1 Å². The minimum Gasteiger partial charge on any atom is -0.466 e. The van der Waals surface area contributed by atoms with Crippen LogP contribution in [0.2, 0.25) is 5.28 Å². The fourth-order valence-electron chi connectivity index (χ4n) is 4.72. The molecule has 0 spiro atoms. The van der Waals surface area contributed by atoms with Crippen LogP contribution in [-0.4, -0.2) is 33.2 Å². The molecule has 0 unspecified atom stereocenters. The first kappa shape index (κ1) is 19.3. The van der Waals surface area contributed by atoms with Crippen LogP contribution in [0.15, 0.2) is 12.3 Å². The van der Waals surface area contributed by atoms with Crippen molar-refractivity contribution in [2.45, 2.75) is 44.8 Å². The van der Waals surface area contributed by atoms with Gasteiger partial charge in [-0.25, -0.2) is 4.52 Å². The molecule has 2 atom stereocenters. The summed E-state index contributed by atoms with van der Waals surface area (Å²) in [5.41, 5.74) is -1.04. The lowest BCUT2D eigenvalue weighted by atomic mass is 9.61. The summed E-state index contributed by atoms with van der Waals surface area (Å²) >= 11 is 5.94. The van der Waals surface area contributed by atoms with Gasteiger partial charge in [0.15, 0.2) is 5.82 Å². The monoisotopic (exact) mass is 416 g/mol. The number of hydrogen-bond acceptors (Lipinski definition) is 5. The molecule has 0 amide bonds. The Bertz CT molecular complexity index is 893. The van der Waals surface area contributed by atoms with Crippen LogP contribution >= 0.6 is 11.6 Å². The van der Waals surface area contributed by atoms with E-state index >= 15 is 0 Å². The molecule has 2 aromatic heterocycles. The number of nitrogens with zero attached hydrogens (tertiary/aromatic N) is 3. The molecule has 5 rings (SSSR count). The fraction of sp³-hybridized carbons (Fsp3) is 0.611. The summed E-state index contributed by atoms with van der Waals surface area (Å²) < 4.78 is 46.7. The van der Waals surface area contributed by atoms with Gasteiger partial charge in [-0.1, -0.05) is 0 Å². The zero-order valence-corrected chi connectivity index (χ0v) is 15.9. The largest absolute Gasteiger partial charge is 0.466 e. The van der Waals surface area contributed by atoms with Gasteiger partial charge in [0, 0.05) is 12.2 Å². The van der Waals surface area contributed by atoms with E-state index in [0.29, 0.717) is 0 Å². The first-order chi connectivity index (χ1) is 13.3. The number of carbonyl (C=O) groups is 1. The second kappa shape index (κ2) is 7.09. The standard InChI is InChI=1S/C18H20ClF3N4O2/c1-2-28-16(27)12-9-3-5-10(6-4-9)13(12)23-15-14-11(18(20,21)22)7-8-26(14)25-17(19)24-15/h7-10,12-13H,2-6H2,1H3,(H,23,24,25)/t9-,10+,12-,13-/m0/s1. The lowest BCUT2D eigenvalue weighted by Crippen LogP contribution is -2.52. The van der Waals surface area contributed by atoms with E-state index in [0.717, 1.165) is 36.3 Å². The van der Waals surface area contributed by atoms with Gasteiger partial charge < -0.3 is 10.1 Å². The van der Waals surface area contributed by atoms with Crippen LogP contribution in [0.25, 0.3) is 5.52 Å². The van der Waals surface area contributed by atoms with Crippen molar-refractivity contribution in [1.82, 2.24) is 14.6 Å². The van der Waals surface area contributed by atoms with E-state index in [1.54, 1.807) is 6.92 Å². The number of anilines is 1. The summed E-state index contributed by atoms with van der Waals surface area (Å²) in [4.78, 5) is 16.6. The molecule has 3 saturated carbocycles. The Labute approximate surface area is 164 Å². The second-order valence-corrected chi connectivity index (χ2v) is 7.71. The normalized spacial score (nSPS) is 27.2. The highest BCUT2D eigenvalue weighted by molar-refractivity contribution is 6.28. The van der Waals surface area contributed by atoms with Gasteiger partial charge in [0.2, 0.25) is 5.28 Å². The van der Waals surface area contributed by atoms with Crippen molar-refractivity contribution in [3.8, 4) is 0 Å². The SMILES string of the molecule is CCOC(=O)[C@H]1[C@H]2CC[C@H](CC2)[C@@H]1Nc1nc(Cl)nn2ccc(C(F)(F)F)c12. The minimum absolute atomic E-state index is 0.0100. The summed E-state index contributed by atoms with van der Waals surface area (Å²) in [7, 11) is 0. The lowest BCUT2D eigenvalue weighted by Gasteiger charge is -2.47. The zero-order chi connectivity index (χ0) is 20.1. The Morgan fingerprint density at radius 2 is 2.00 bits per heavy atom. The number of nitrogens with one attached hydrogen (secondary N) is 1. The highest BCUT2D eigenvalue weighted by atomic mass is 35.5. The molecule has 3 aliphatic rings. The van der Waals surface area contributed by atoms with Gasteiger partial charge in [-0.2, -0.15) is 18.2 Å². The molecule has 2 aromatic rings. The van der Waals surface area contributed by atoms with E-state index in [4.69, 9.17) is 16.3 Å². The maximum atomic E-state index is 13.5. The van der Waals surface area contributed by atoms with Crippen molar-refractivity contribution in [3.05, 3.63) is 23.1 Å². The molecule has 0 saturated heterocycles. The van der Waals surface area contributed by atoms with E-state index in [1.165, 1.54) is 6.20 Å². The van der Waals surface area contributed by atoms with E-state index in [-0.39, 0.29) is 47.1 Å². The topological polar surface area (TPSA) is 68.5 Å². The van der Waals surface area contributed by atoms with E-state index in [1.807, 2.05) is 0 Å². The summed E-state index contributed by atoms with van der Waals surface area (Å²) in [5, 5.41) is 6.79. The molecule has 1 N–H and O–H groups in total. The molecule has 6 nitrogen and oxygen atoms in total. The molecule has 0 radical (unpaired) electrons. The third-order valence-electron chi connectivity index (χ3n) is 5.87. The Morgan fingerprint density at radius 3 is 2.64 bits per heavy atom. The number of aromatic nitrogens is 3. The van der Waals surface area contributed by atoms with E-state index < -0.39 is 17.7 Å². The molecular formula is C18H20ClF3N4O2. The number of carbonyl (C=O) groups excluding carboxylic acids is 1. The van der Waals surface area contributed by atoms with Crippen molar-refractivity contribution < 1.29 is 22.7 Å². The highest BCUT2D eigenvalue weighted by Gasteiger charge is 2.48. The van der Waals surface area contributed by atoms with Crippen LogP contribution < -0.4 is 5.32 Å². The molecule has 3 aliphatic carbocycles. The van der Waals surface area contributed by atoms with Crippen molar-refractivity contribution in [2.24, 2.45) is 17.8 Å². The molecule has 0 aliphatic heterocycles. The summed E-state index contributed by atoms with van der Waals surface area (Å²) in [5.74, 6) is -0.409. The highest BCUT2D eigenvalue weighted by Crippen LogP contribution is 2.47. The van der Waals surface area contributed by atoms with Crippen molar-refractivity contribution in [2.75, 3.05) is 11.9 Å². The Kier molecular flexibility index (Phi) is 4.89. The molecule has 152 valence electrons. The van der Waals surface area contributed by atoms with Crippen LogP contribution in [0, 0.1) is 17.8 Å². The number of esters is 1. The Morgan fingerprint density at radius 1 is 1.32 bits per heavy atom. The van der Waals surface area contributed by atoms with Crippen LogP contribution in [-0.2, 0) is 15.7 Å². The van der Waals surface area contributed by atoms with Crippen molar-refractivity contribution >= 4 is 28.9 Å². The summed E-state index contributed by atoms with van der Waals surface area (Å²) in [6.45, 7) is 2.01. The van der Waals surface area contributed by atoms with Gasteiger partial charge in [-0.15, -0.1) is 5.10 Å². The third-order valence-corrected chi connectivity index (χ3v) is 6.03. The van der Waals surface area contributed by atoms with Crippen LogP contribution in [0.4, 0.5) is 19.0 Å². The van der Waals surface area contributed by atoms with Gasteiger partial charge in [0.1, 0.15) is 5.52 Å². The predicted molar refractivity (Wildman–Crippen MR) is 96.0 cm³/mol. The lowest BCUT2D eigenvalue weighted by molar-refractivity contribution is -0.154. The van der Waals surface area contributed by atoms with Gasteiger partial charge in [-0.3, -0.25) is 4.79 Å². The Balaban J connectivity index is 1.76. The molecule has 10 heteroatoms. The molecule has 2 bridgehead atoms. The molecule has 0 aromatic carbocycles. The molecule has 2 heterocycles. The number of hydrogen-bond donors (Lipinski definition) is 1. The second-order valence-electron chi connectivity index (χ2n) is 7.37. The quantitative estimate of drug-likeness (QED) is 0.757. The van der Waals surface area contributed by atoms with Crippen molar-refractivity contribution in [3.63, 3.8) is 0 Å². The zero-order valence-electron chi connectivity index (χ0n) is 15.2. The van der Waals surface area contributed by atoms with Crippen molar-refractivity contribution in [1.29, 1.82) is 0 Å². The first-order valence-corrected chi connectivity index (χ1v) is 9.72.